The van der Waals surface area contributed by atoms with E-state index in [1.807, 2.05) is 11.3 Å². The Balaban J connectivity index is 1.71. The molecular formula is C17H22F3N5O. The monoisotopic (exact) mass is 369 g/mol. The highest BCUT2D eigenvalue weighted by Crippen LogP contribution is 2.29. The van der Waals surface area contributed by atoms with Gasteiger partial charge in [0.05, 0.1) is 0 Å². The van der Waals surface area contributed by atoms with E-state index in [0.717, 1.165) is 44.1 Å². The van der Waals surface area contributed by atoms with Gasteiger partial charge in [-0.15, -0.1) is 0 Å². The normalized spacial score (nSPS) is 18.3. The zero-order valence-corrected chi connectivity index (χ0v) is 14.6. The summed E-state index contributed by atoms with van der Waals surface area (Å²) in [7, 11) is 0. The predicted molar refractivity (Wildman–Crippen MR) is 88.6 cm³/mol. The SMILES string of the molecule is CCCCn1ccnc1[C@H]1CCCN(C(=O)c2cc(C(F)(F)F)[nH]n2)C1. The first-order valence-electron chi connectivity index (χ1n) is 8.83. The number of aryl methyl sites for hydroxylation is 1. The van der Waals surface area contributed by atoms with E-state index in [2.05, 4.69) is 21.6 Å². The van der Waals surface area contributed by atoms with Crippen molar-refractivity contribution in [3.05, 3.63) is 35.7 Å². The van der Waals surface area contributed by atoms with Gasteiger partial charge in [0.2, 0.25) is 0 Å². The molecule has 3 heterocycles. The van der Waals surface area contributed by atoms with Crippen molar-refractivity contribution in [2.75, 3.05) is 13.1 Å². The minimum absolute atomic E-state index is 0.0839. The van der Waals surface area contributed by atoms with E-state index in [4.69, 9.17) is 0 Å². The average molecular weight is 369 g/mol. The molecule has 0 aliphatic carbocycles. The zero-order chi connectivity index (χ0) is 18.7. The topological polar surface area (TPSA) is 66.8 Å². The Kier molecular flexibility index (Phi) is 5.33. The van der Waals surface area contributed by atoms with Crippen molar-refractivity contribution in [3.8, 4) is 0 Å². The molecule has 0 spiro atoms. The van der Waals surface area contributed by atoms with Crippen LogP contribution >= 0.6 is 0 Å². The number of unbranched alkanes of at least 4 members (excludes halogenated alkanes) is 1. The number of nitrogens with zero attached hydrogens (tertiary/aromatic N) is 4. The Morgan fingerprint density at radius 2 is 2.23 bits per heavy atom. The molecule has 1 amide bonds. The van der Waals surface area contributed by atoms with E-state index in [-0.39, 0.29) is 11.6 Å². The standard InChI is InChI=1S/C17H22F3N5O/c1-2-3-7-24-9-6-21-15(24)12-5-4-8-25(11-12)16(26)13-10-14(23-22-13)17(18,19)20/h6,9-10,12H,2-5,7-8,11H2,1H3,(H,22,23)/t12-/m0/s1. The molecule has 1 saturated heterocycles. The van der Waals surface area contributed by atoms with Crippen LogP contribution in [0.25, 0.3) is 0 Å². The molecule has 0 radical (unpaired) electrons. The summed E-state index contributed by atoms with van der Waals surface area (Å²) < 4.78 is 40.2. The number of carbonyl (C=O) groups is 1. The van der Waals surface area contributed by atoms with E-state index in [0.29, 0.717) is 13.1 Å². The second kappa shape index (κ2) is 7.51. The van der Waals surface area contributed by atoms with Gasteiger partial charge in [-0.3, -0.25) is 9.89 Å². The average Bonchev–Trinajstić information content (AvgIpc) is 3.28. The maximum absolute atomic E-state index is 12.7. The van der Waals surface area contributed by atoms with Crippen LogP contribution in [-0.2, 0) is 12.7 Å². The lowest BCUT2D eigenvalue weighted by molar-refractivity contribution is -0.141. The molecule has 6 nitrogen and oxygen atoms in total. The summed E-state index contributed by atoms with van der Waals surface area (Å²) in [6, 6.07) is 0.772. The fraction of sp³-hybridized carbons (Fsp3) is 0.588. The maximum Gasteiger partial charge on any atom is 0.432 e. The van der Waals surface area contributed by atoms with Gasteiger partial charge >= 0.3 is 6.18 Å². The molecule has 3 rings (SSSR count). The fourth-order valence-electron chi connectivity index (χ4n) is 3.31. The molecule has 1 N–H and O–H groups in total. The third-order valence-electron chi connectivity index (χ3n) is 4.68. The van der Waals surface area contributed by atoms with Gasteiger partial charge < -0.3 is 9.47 Å². The highest BCUT2D eigenvalue weighted by Gasteiger charge is 2.35. The number of carbonyl (C=O) groups excluding carboxylic acids is 1. The number of rotatable bonds is 5. The first-order valence-corrected chi connectivity index (χ1v) is 8.83. The van der Waals surface area contributed by atoms with Gasteiger partial charge in [0.15, 0.2) is 5.69 Å². The van der Waals surface area contributed by atoms with Crippen LogP contribution in [0.3, 0.4) is 0 Å². The van der Waals surface area contributed by atoms with Crippen molar-refractivity contribution < 1.29 is 18.0 Å². The van der Waals surface area contributed by atoms with Gasteiger partial charge in [-0.25, -0.2) is 4.98 Å². The molecular weight excluding hydrogens is 347 g/mol. The van der Waals surface area contributed by atoms with Crippen LogP contribution < -0.4 is 0 Å². The molecule has 1 fully saturated rings. The number of amides is 1. The third kappa shape index (κ3) is 3.91. The number of halogens is 3. The summed E-state index contributed by atoms with van der Waals surface area (Å²) in [5, 5.41) is 5.44. The molecule has 0 aromatic carbocycles. The summed E-state index contributed by atoms with van der Waals surface area (Å²) in [4.78, 5) is 18.6. The van der Waals surface area contributed by atoms with Crippen molar-refractivity contribution in [2.45, 2.75) is 51.2 Å². The molecule has 0 bridgehead atoms. The molecule has 0 unspecified atom stereocenters. The van der Waals surface area contributed by atoms with Crippen LogP contribution in [0, 0.1) is 0 Å². The lowest BCUT2D eigenvalue weighted by Crippen LogP contribution is -2.40. The molecule has 1 aliphatic heterocycles. The number of imidazole rings is 1. The maximum atomic E-state index is 12.7. The summed E-state index contributed by atoms with van der Waals surface area (Å²) in [5.74, 6) is 0.544. The quantitative estimate of drug-likeness (QED) is 0.878. The highest BCUT2D eigenvalue weighted by atomic mass is 19.4. The van der Waals surface area contributed by atoms with Crippen molar-refractivity contribution in [1.82, 2.24) is 24.6 Å². The first kappa shape index (κ1) is 18.5. The molecule has 2 aromatic heterocycles. The number of H-pyrrole nitrogens is 1. The highest BCUT2D eigenvalue weighted by molar-refractivity contribution is 5.92. The van der Waals surface area contributed by atoms with Gasteiger partial charge in [0, 0.05) is 44.0 Å². The van der Waals surface area contributed by atoms with Crippen LogP contribution in [0.5, 0.6) is 0 Å². The molecule has 2 aromatic rings. The van der Waals surface area contributed by atoms with Crippen molar-refractivity contribution in [3.63, 3.8) is 0 Å². The van der Waals surface area contributed by atoms with Crippen LogP contribution in [0.1, 0.15) is 60.5 Å². The van der Waals surface area contributed by atoms with Crippen LogP contribution in [0.2, 0.25) is 0 Å². The Morgan fingerprint density at radius 1 is 1.42 bits per heavy atom. The lowest BCUT2D eigenvalue weighted by atomic mass is 9.96. The molecule has 26 heavy (non-hydrogen) atoms. The number of aromatic nitrogens is 4. The molecule has 1 atom stereocenters. The second-order valence-corrected chi connectivity index (χ2v) is 6.59. The van der Waals surface area contributed by atoms with Crippen LogP contribution in [-0.4, -0.2) is 43.6 Å². The third-order valence-corrected chi connectivity index (χ3v) is 4.68. The van der Waals surface area contributed by atoms with Gasteiger partial charge in [0.1, 0.15) is 11.5 Å². The van der Waals surface area contributed by atoms with E-state index >= 15 is 0 Å². The number of hydrogen-bond donors (Lipinski definition) is 1. The minimum Gasteiger partial charge on any atom is -0.337 e. The van der Waals surface area contributed by atoms with E-state index in [1.165, 1.54) is 0 Å². The Morgan fingerprint density at radius 3 is 2.92 bits per heavy atom. The predicted octanol–water partition coefficient (Wildman–Crippen LogP) is 3.44. The second-order valence-electron chi connectivity index (χ2n) is 6.59. The Hall–Kier alpha value is -2.32. The fourth-order valence-corrected chi connectivity index (χ4v) is 3.31. The molecule has 1 aliphatic rings. The van der Waals surface area contributed by atoms with Gasteiger partial charge in [0.25, 0.3) is 5.91 Å². The van der Waals surface area contributed by atoms with Gasteiger partial charge in [-0.1, -0.05) is 13.3 Å². The smallest absolute Gasteiger partial charge is 0.337 e. The number of nitrogens with one attached hydrogen (secondary N) is 1. The van der Waals surface area contributed by atoms with E-state index in [1.54, 1.807) is 11.1 Å². The Labute approximate surface area is 149 Å². The summed E-state index contributed by atoms with van der Waals surface area (Å²) in [6.07, 6.45) is 2.97. The lowest BCUT2D eigenvalue weighted by Gasteiger charge is -2.32. The van der Waals surface area contributed by atoms with Crippen molar-refractivity contribution >= 4 is 5.91 Å². The Bertz CT molecular complexity index is 752. The number of aromatic amines is 1. The molecule has 0 saturated carbocycles. The van der Waals surface area contributed by atoms with E-state index < -0.39 is 17.8 Å². The number of likely N-dealkylation sites (tertiary alicyclic amines) is 1. The first-order chi connectivity index (χ1) is 12.4. The zero-order valence-electron chi connectivity index (χ0n) is 14.6. The van der Waals surface area contributed by atoms with Crippen LogP contribution in [0.15, 0.2) is 18.5 Å². The minimum atomic E-state index is -4.54. The number of alkyl halides is 3. The van der Waals surface area contributed by atoms with Crippen molar-refractivity contribution in [1.29, 1.82) is 0 Å². The summed E-state index contributed by atoms with van der Waals surface area (Å²) in [5.41, 5.74) is -1.21. The molecule has 142 valence electrons. The largest absolute Gasteiger partial charge is 0.432 e. The van der Waals surface area contributed by atoms with Gasteiger partial charge in [-0.2, -0.15) is 18.3 Å². The number of hydrogen-bond acceptors (Lipinski definition) is 3. The van der Waals surface area contributed by atoms with E-state index in [9.17, 15) is 18.0 Å². The summed E-state index contributed by atoms with van der Waals surface area (Å²) >= 11 is 0. The summed E-state index contributed by atoms with van der Waals surface area (Å²) in [6.45, 7) is 3.96. The van der Waals surface area contributed by atoms with Gasteiger partial charge in [-0.05, 0) is 19.3 Å². The van der Waals surface area contributed by atoms with Crippen LogP contribution in [0.4, 0.5) is 13.2 Å². The molecule has 9 heteroatoms. The number of piperidine rings is 1. The van der Waals surface area contributed by atoms with Crippen molar-refractivity contribution in [2.24, 2.45) is 0 Å².